The van der Waals surface area contributed by atoms with Gasteiger partial charge in [-0.05, 0) is 50.7 Å². The number of amides is 1. The van der Waals surface area contributed by atoms with Crippen LogP contribution in [-0.4, -0.2) is 40.1 Å². The van der Waals surface area contributed by atoms with Crippen LogP contribution in [-0.2, 0) is 0 Å². The lowest BCUT2D eigenvalue weighted by molar-refractivity contribution is 0.0567. The topological polar surface area (TPSA) is 66.6 Å². The largest absolute Gasteiger partial charge is 0.440 e. The van der Waals surface area contributed by atoms with Gasteiger partial charge in [0.1, 0.15) is 5.76 Å². The van der Waals surface area contributed by atoms with E-state index in [4.69, 9.17) is 4.42 Å². The van der Waals surface area contributed by atoms with E-state index >= 15 is 0 Å². The number of hydrogen-bond donors (Lipinski definition) is 1. The van der Waals surface area contributed by atoms with Crippen molar-refractivity contribution >= 4 is 5.91 Å². The number of aromatic nitrogens is 1. The monoisotopic (exact) mass is 340 g/mol. The minimum Gasteiger partial charge on any atom is -0.440 e. The fourth-order valence-electron chi connectivity index (χ4n) is 3.66. The Kier molecular flexibility index (Phi) is 4.57. The van der Waals surface area contributed by atoms with Crippen LogP contribution < -0.4 is 0 Å². The maximum atomic E-state index is 13.2. The first-order valence-corrected chi connectivity index (χ1v) is 9.26. The molecule has 1 atom stereocenters. The summed E-state index contributed by atoms with van der Waals surface area (Å²) >= 11 is 0. The van der Waals surface area contributed by atoms with Gasteiger partial charge in [-0.25, -0.2) is 4.98 Å². The zero-order valence-electron chi connectivity index (χ0n) is 14.4. The molecule has 1 aromatic heterocycles. The smallest absolute Gasteiger partial charge is 0.276 e. The van der Waals surface area contributed by atoms with Gasteiger partial charge in [-0.3, -0.25) is 4.79 Å². The lowest BCUT2D eigenvalue weighted by Crippen LogP contribution is -2.44. The number of oxazole rings is 1. The van der Waals surface area contributed by atoms with E-state index in [0.29, 0.717) is 23.9 Å². The molecule has 1 N–H and O–H groups in total. The van der Waals surface area contributed by atoms with Crippen LogP contribution in [0.4, 0.5) is 0 Å². The predicted molar refractivity (Wildman–Crippen MR) is 94.3 cm³/mol. The number of nitrogens with zero attached hydrogens (tertiary/aromatic N) is 2. The van der Waals surface area contributed by atoms with Crippen molar-refractivity contribution in [2.24, 2.45) is 0 Å². The fourth-order valence-corrected chi connectivity index (χ4v) is 3.66. The Morgan fingerprint density at radius 3 is 2.72 bits per heavy atom. The maximum Gasteiger partial charge on any atom is 0.276 e. The number of aliphatic hydroxyl groups is 1. The SMILES string of the molecule is O=C(c1nc(-c2ccccc2)oc1C1CC1)N1CCCCC1CCO. The summed E-state index contributed by atoms with van der Waals surface area (Å²) < 4.78 is 6.02. The molecule has 1 amide bonds. The zero-order valence-corrected chi connectivity index (χ0v) is 14.4. The van der Waals surface area contributed by atoms with Crippen LogP contribution in [0.5, 0.6) is 0 Å². The highest BCUT2D eigenvalue weighted by Gasteiger charge is 2.37. The second kappa shape index (κ2) is 7.00. The van der Waals surface area contributed by atoms with Crippen molar-refractivity contribution in [1.29, 1.82) is 0 Å². The van der Waals surface area contributed by atoms with Crippen LogP contribution in [0.25, 0.3) is 11.5 Å². The molecule has 1 aliphatic heterocycles. The number of rotatable bonds is 5. The third-order valence-corrected chi connectivity index (χ3v) is 5.18. The molecule has 1 saturated heterocycles. The normalized spacial score (nSPS) is 20.7. The summed E-state index contributed by atoms with van der Waals surface area (Å²) in [4.78, 5) is 19.7. The van der Waals surface area contributed by atoms with Gasteiger partial charge in [0, 0.05) is 30.7 Å². The zero-order chi connectivity index (χ0) is 17.2. The summed E-state index contributed by atoms with van der Waals surface area (Å²) in [5.41, 5.74) is 1.38. The number of hydrogen-bond acceptors (Lipinski definition) is 4. The molecule has 0 bridgehead atoms. The first-order valence-electron chi connectivity index (χ1n) is 9.26. The molecule has 0 radical (unpaired) electrons. The summed E-state index contributed by atoms with van der Waals surface area (Å²) in [6, 6.07) is 9.85. The summed E-state index contributed by atoms with van der Waals surface area (Å²) in [5, 5.41) is 9.32. The van der Waals surface area contributed by atoms with Crippen LogP contribution in [0.1, 0.15) is 60.7 Å². The van der Waals surface area contributed by atoms with Crippen molar-refractivity contribution in [3.8, 4) is 11.5 Å². The number of piperidine rings is 1. The molecule has 132 valence electrons. The minimum atomic E-state index is -0.0361. The molecule has 2 aromatic rings. The van der Waals surface area contributed by atoms with Gasteiger partial charge in [0.15, 0.2) is 5.69 Å². The number of carbonyl (C=O) groups is 1. The van der Waals surface area contributed by atoms with Crippen molar-refractivity contribution in [1.82, 2.24) is 9.88 Å². The fraction of sp³-hybridized carbons (Fsp3) is 0.500. The van der Waals surface area contributed by atoms with Gasteiger partial charge >= 0.3 is 0 Å². The van der Waals surface area contributed by atoms with E-state index in [2.05, 4.69) is 4.98 Å². The second-order valence-corrected chi connectivity index (χ2v) is 7.03. The standard InChI is InChI=1S/C20H24N2O3/c23-13-11-16-8-4-5-12-22(16)20(24)17-18(14-9-10-14)25-19(21-17)15-6-2-1-3-7-15/h1-3,6-7,14,16,23H,4-5,8-13H2. The van der Waals surface area contributed by atoms with Crippen molar-refractivity contribution in [3.05, 3.63) is 41.8 Å². The van der Waals surface area contributed by atoms with Gasteiger partial charge in [0.25, 0.3) is 5.91 Å². The maximum absolute atomic E-state index is 13.2. The Balaban J connectivity index is 1.66. The molecule has 2 fully saturated rings. The highest BCUT2D eigenvalue weighted by Crippen LogP contribution is 2.43. The number of carbonyl (C=O) groups excluding carboxylic acids is 1. The highest BCUT2D eigenvalue weighted by molar-refractivity contribution is 5.94. The molecule has 1 unspecified atom stereocenters. The van der Waals surface area contributed by atoms with E-state index in [1.54, 1.807) is 0 Å². The van der Waals surface area contributed by atoms with E-state index < -0.39 is 0 Å². The lowest BCUT2D eigenvalue weighted by Gasteiger charge is -2.35. The van der Waals surface area contributed by atoms with Crippen LogP contribution >= 0.6 is 0 Å². The van der Waals surface area contributed by atoms with Crippen molar-refractivity contribution in [3.63, 3.8) is 0 Å². The first-order chi connectivity index (χ1) is 12.3. The van der Waals surface area contributed by atoms with Gasteiger partial charge in [-0.15, -0.1) is 0 Å². The molecule has 2 aliphatic rings. The van der Waals surface area contributed by atoms with Crippen LogP contribution in [0.2, 0.25) is 0 Å². The van der Waals surface area contributed by atoms with E-state index in [0.717, 1.165) is 50.0 Å². The van der Waals surface area contributed by atoms with E-state index in [-0.39, 0.29) is 18.6 Å². The number of aliphatic hydroxyl groups excluding tert-OH is 1. The molecule has 5 nitrogen and oxygen atoms in total. The highest BCUT2D eigenvalue weighted by atomic mass is 16.4. The summed E-state index contributed by atoms with van der Waals surface area (Å²) in [5.74, 6) is 1.56. The Bertz CT molecular complexity index is 735. The number of likely N-dealkylation sites (tertiary alicyclic amines) is 1. The number of benzene rings is 1. The molecule has 1 aromatic carbocycles. The summed E-state index contributed by atoms with van der Waals surface area (Å²) in [7, 11) is 0. The predicted octanol–water partition coefficient (Wildman–Crippen LogP) is 3.60. The lowest BCUT2D eigenvalue weighted by atomic mass is 9.99. The van der Waals surface area contributed by atoms with Crippen LogP contribution in [0.3, 0.4) is 0 Å². The Hall–Kier alpha value is -2.14. The van der Waals surface area contributed by atoms with Crippen molar-refractivity contribution < 1.29 is 14.3 Å². The van der Waals surface area contributed by atoms with Crippen LogP contribution in [0, 0.1) is 0 Å². The van der Waals surface area contributed by atoms with Gasteiger partial charge in [-0.1, -0.05) is 18.2 Å². The molecular formula is C20H24N2O3. The van der Waals surface area contributed by atoms with Gasteiger partial charge in [0.2, 0.25) is 5.89 Å². The van der Waals surface area contributed by atoms with Gasteiger partial charge in [-0.2, -0.15) is 0 Å². The third kappa shape index (κ3) is 3.33. The molecule has 2 heterocycles. The molecule has 4 rings (SSSR count). The molecule has 25 heavy (non-hydrogen) atoms. The van der Waals surface area contributed by atoms with Gasteiger partial charge < -0.3 is 14.4 Å². The quantitative estimate of drug-likeness (QED) is 0.903. The van der Waals surface area contributed by atoms with Crippen LogP contribution in [0.15, 0.2) is 34.7 Å². The van der Waals surface area contributed by atoms with E-state index in [1.807, 2.05) is 35.2 Å². The van der Waals surface area contributed by atoms with E-state index in [9.17, 15) is 9.90 Å². The summed E-state index contributed by atoms with van der Waals surface area (Å²) in [6.07, 6.45) is 5.82. The Labute approximate surface area is 147 Å². The van der Waals surface area contributed by atoms with Gasteiger partial charge in [0.05, 0.1) is 0 Å². The third-order valence-electron chi connectivity index (χ3n) is 5.18. The summed E-state index contributed by atoms with van der Waals surface area (Å²) in [6.45, 7) is 0.846. The molecule has 1 aliphatic carbocycles. The Morgan fingerprint density at radius 1 is 1.20 bits per heavy atom. The Morgan fingerprint density at radius 2 is 2.00 bits per heavy atom. The molecular weight excluding hydrogens is 316 g/mol. The average molecular weight is 340 g/mol. The molecule has 1 saturated carbocycles. The first kappa shape index (κ1) is 16.3. The van der Waals surface area contributed by atoms with Crippen molar-refractivity contribution in [2.75, 3.05) is 13.2 Å². The second-order valence-electron chi connectivity index (χ2n) is 7.03. The minimum absolute atomic E-state index is 0.0361. The molecule has 5 heteroatoms. The van der Waals surface area contributed by atoms with Crippen molar-refractivity contribution in [2.45, 2.75) is 50.5 Å². The van der Waals surface area contributed by atoms with E-state index in [1.165, 1.54) is 0 Å². The molecule has 0 spiro atoms. The average Bonchev–Trinajstić information content (AvgIpc) is 3.41.